The Hall–Kier alpha value is -2.71. The highest BCUT2D eigenvalue weighted by Crippen LogP contribution is 2.27. The number of pyridine rings is 1. The van der Waals surface area contributed by atoms with E-state index in [1.165, 1.54) is 17.8 Å². The Morgan fingerprint density at radius 3 is 2.57 bits per heavy atom. The molecule has 2 aromatic heterocycles. The van der Waals surface area contributed by atoms with Gasteiger partial charge in [0.1, 0.15) is 5.69 Å². The second-order valence-corrected chi connectivity index (χ2v) is 7.39. The molecule has 2 heterocycles. The van der Waals surface area contributed by atoms with Gasteiger partial charge in [-0.15, -0.1) is 0 Å². The number of benzene rings is 1. The van der Waals surface area contributed by atoms with Crippen LogP contribution in [-0.2, 0) is 0 Å². The molecule has 0 aliphatic carbocycles. The van der Waals surface area contributed by atoms with Crippen LogP contribution in [0.15, 0.2) is 41.0 Å². The Bertz CT molecular complexity index is 1080. The van der Waals surface area contributed by atoms with Crippen LogP contribution in [0.2, 0.25) is 5.15 Å². The molecule has 0 fully saturated rings. The molecule has 9 heteroatoms. The molecule has 0 spiro atoms. The molecule has 7 nitrogen and oxygen atoms in total. The van der Waals surface area contributed by atoms with E-state index in [4.69, 9.17) is 11.6 Å². The van der Waals surface area contributed by atoms with Crippen LogP contribution < -0.4 is 10.6 Å². The molecule has 0 aliphatic heterocycles. The first kappa shape index (κ1) is 20.0. The lowest BCUT2D eigenvalue weighted by atomic mass is 10.1. The summed E-state index contributed by atoms with van der Waals surface area (Å²) in [4.78, 5) is 29.6. The maximum Gasteiger partial charge on any atom is 0.274 e. The van der Waals surface area contributed by atoms with Crippen molar-refractivity contribution in [3.8, 4) is 5.82 Å². The number of aromatic nitrogens is 3. The van der Waals surface area contributed by atoms with Gasteiger partial charge in [-0.3, -0.25) is 9.59 Å². The number of nitrogens with zero attached hydrogens (tertiary/aromatic N) is 3. The predicted octanol–water partition coefficient (Wildman–Crippen LogP) is 3.91. The van der Waals surface area contributed by atoms with E-state index in [0.29, 0.717) is 17.1 Å². The summed E-state index contributed by atoms with van der Waals surface area (Å²) in [7, 11) is 1.53. The number of hydrogen-bond acceptors (Lipinski definition) is 4. The zero-order chi connectivity index (χ0) is 20.4. The molecule has 1 aromatic carbocycles. The number of amides is 2. The van der Waals surface area contributed by atoms with Gasteiger partial charge in [0.05, 0.1) is 11.3 Å². The van der Waals surface area contributed by atoms with Gasteiger partial charge < -0.3 is 10.6 Å². The van der Waals surface area contributed by atoms with Crippen molar-refractivity contribution in [2.24, 2.45) is 0 Å². The third-order valence-corrected chi connectivity index (χ3v) is 4.75. The number of aryl methyl sites for hydroxylation is 2. The fourth-order valence-electron chi connectivity index (χ4n) is 2.77. The molecule has 0 atom stereocenters. The number of hydrogen-bond donors (Lipinski definition) is 2. The Balaban J connectivity index is 2.05. The Morgan fingerprint density at radius 2 is 1.89 bits per heavy atom. The lowest BCUT2D eigenvalue weighted by molar-refractivity contribution is 0.0964. The third kappa shape index (κ3) is 3.93. The number of nitrogens with one attached hydrogen (secondary N) is 2. The Labute approximate surface area is 175 Å². The fraction of sp³-hybridized carbons (Fsp3) is 0.158. The molecule has 0 saturated carbocycles. The number of anilines is 1. The Morgan fingerprint density at radius 1 is 1.14 bits per heavy atom. The minimum atomic E-state index is -0.458. The molecular weight excluding hydrogens is 446 g/mol. The zero-order valence-electron chi connectivity index (χ0n) is 15.4. The van der Waals surface area contributed by atoms with Gasteiger partial charge in [-0.1, -0.05) is 33.6 Å². The Kier molecular flexibility index (Phi) is 5.81. The highest BCUT2D eigenvalue weighted by Gasteiger charge is 2.21. The van der Waals surface area contributed by atoms with Crippen LogP contribution in [0.4, 0.5) is 5.69 Å². The van der Waals surface area contributed by atoms with Gasteiger partial charge in [0, 0.05) is 23.8 Å². The average Bonchev–Trinajstić information content (AvgIpc) is 3.05. The van der Waals surface area contributed by atoms with E-state index in [1.807, 2.05) is 19.1 Å². The molecule has 2 N–H and O–H groups in total. The molecular formula is C19H17BrClN5O2. The number of carbonyl (C=O) groups excluding carboxylic acids is 2. The summed E-state index contributed by atoms with van der Waals surface area (Å²) >= 11 is 9.44. The van der Waals surface area contributed by atoms with Gasteiger partial charge in [-0.05, 0) is 43.2 Å². The summed E-state index contributed by atoms with van der Waals surface area (Å²) in [5.74, 6) is -0.273. The van der Waals surface area contributed by atoms with Crippen LogP contribution in [0.1, 0.15) is 32.0 Å². The summed E-state index contributed by atoms with van der Waals surface area (Å²) in [6.07, 6.45) is 1.61. The maximum atomic E-state index is 13.0. The molecule has 3 aromatic rings. The molecule has 0 unspecified atom stereocenters. The summed E-state index contributed by atoms with van der Waals surface area (Å²) in [5, 5.41) is 9.74. The van der Waals surface area contributed by atoms with E-state index in [2.05, 4.69) is 36.6 Å². The lowest BCUT2D eigenvalue weighted by Gasteiger charge is -2.15. The van der Waals surface area contributed by atoms with E-state index in [0.717, 1.165) is 15.6 Å². The van der Waals surface area contributed by atoms with Crippen LogP contribution in [0.3, 0.4) is 0 Å². The number of carbonyl (C=O) groups is 2. The molecule has 0 bridgehead atoms. The van der Waals surface area contributed by atoms with Crippen molar-refractivity contribution in [1.82, 2.24) is 20.1 Å². The molecule has 144 valence electrons. The topological polar surface area (TPSA) is 88.9 Å². The summed E-state index contributed by atoms with van der Waals surface area (Å²) in [6, 6.07) is 8.58. The third-order valence-electron chi connectivity index (χ3n) is 4.11. The van der Waals surface area contributed by atoms with E-state index >= 15 is 0 Å². The van der Waals surface area contributed by atoms with E-state index in [1.54, 1.807) is 25.3 Å². The van der Waals surface area contributed by atoms with Crippen molar-refractivity contribution >= 4 is 45.0 Å². The smallest absolute Gasteiger partial charge is 0.274 e. The van der Waals surface area contributed by atoms with Gasteiger partial charge in [0.25, 0.3) is 11.8 Å². The van der Waals surface area contributed by atoms with Crippen LogP contribution in [0, 0.1) is 13.8 Å². The molecule has 0 saturated heterocycles. The SMILES string of the molecule is CNC(=O)c1cc(Br)cc(C)c1NC(=O)c1cc(Cl)nn1-c1ncccc1C. The zero-order valence-corrected chi connectivity index (χ0v) is 17.7. The highest BCUT2D eigenvalue weighted by atomic mass is 79.9. The van der Waals surface area contributed by atoms with E-state index in [-0.39, 0.29) is 16.8 Å². The fourth-order valence-corrected chi connectivity index (χ4v) is 3.53. The highest BCUT2D eigenvalue weighted by molar-refractivity contribution is 9.10. The van der Waals surface area contributed by atoms with Gasteiger partial charge in [-0.2, -0.15) is 5.10 Å². The summed E-state index contributed by atoms with van der Waals surface area (Å²) < 4.78 is 2.12. The average molecular weight is 463 g/mol. The first-order valence-corrected chi connectivity index (χ1v) is 9.50. The van der Waals surface area contributed by atoms with Gasteiger partial charge >= 0.3 is 0 Å². The monoisotopic (exact) mass is 461 g/mol. The van der Waals surface area contributed by atoms with Crippen LogP contribution in [-0.4, -0.2) is 33.6 Å². The van der Waals surface area contributed by atoms with Crippen LogP contribution >= 0.6 is 27.5 Å². The molecule has 3 rings (SSSR count). The lowest BCUT2D eigenvalue weighted by Crippen LogP contribution is -2.23. The predicted molar refractivity (Wildman–Crippen MR) is 111 cm³/mol. The summed E-state index contributed by atoms with van der Waals surface area (Å²) in [5.41, 5.74) is 2.52. The number of halogens is 2. The maximum absolute atomic E-state index is 13.0. The van der Waals surface area contributed by atoms with Crippen molar-refractivity contribution in [2.75, 3.05) is 12.4 Å². The van der Waals surface area contributed by atoms with Crippen molar-refractivity contribution in [1.29, 1.82) is 0 Å². The standard InChI is InChI=1S/C19H17BrClN5O2/c1-10-5-4-6-23-17(10)26-14(9-15(21)25-26)19(28)24-16-11(2)7-12(20)8-13(16)18(27)22-3/h4-9H,1-3H3,(H,22,27)(H,24,28). The van der Waals surface area contributed by atoms with E-state index < -0.39 is 5.91 Å². The van der Waals surface area contributed by atoms with Crippen LogP contribution in [0.25, 0.3) is 5.82 Å². The van der Waals surface area contributed by atoms with Gasteiger partial charge in [0.2, 0.25) is 0 Å². The quantitative estimate of drug-likeness (QED) is 0.615. The number of rotatable bonds is 4. The molecule has 0 radical (unpaired) electrons. The molecule has 0 aliphatic rings. The minimum absolute atomic E-state index is 0.161. The summed E-state index contributed by atoms with van der Waals surface area (Å²) in [6.45, 7) is 3.67. The van der Waals surface area contributed by atoms with Gasteiger partial charge in [-0.25, -0.2) is 9.67 Å². The second kappa shape index (κ2) is 8.12. The van der Waals surface area contributed by atoms with Crippen molar-refractivity contribution < 1.29 is 9.59 Å². The molecule has 2 amide bonds. The first-order chi connectivity index (χ1) is 13.3. The van der Waals surface area contributed by atoms with Crippen LogP contribution in [0.5, 0.6) is 0 Å². The second-order valence-electron chi connectivity index (χ2n) is 6.09. The van der Waals surface area contributed by atoms with Crippen molar-refractivity contribution in [3.63, 3.8) is 0 Å². The minimum Gasteiger partial charge on any atom is -0.355 e. The first-order valence-electron chi connectivity index (χ1n) is 8.33. The largest absolute Gasteiger partial charge is 0.355 e. The van der Waals surface area contributed by atoms with Crippen molar-refractivity contribution in [3.05, 3.63) is 68.5 Å². The normalized spacial score (nSPS) is 10.6. The van der Waals surface area contributed by atoms with Gasteiger partial charge in [0.15, 0.2) is 11.0 Å². The van der Waals surface area contributed by atoms with Crippen molar-refractivity contribution in [2.45, 2.75) is 13.8 Å². The molecule has 28 heavy (non-hydrogen) atoms. The van der Waals surface area contributed by atoms with E-state index in [9.17, 15) is 9.59 Å².